The lowest BCUT2D eigenvalue weighted by Gasteiger charge is -2.21. The standard InChI is InChI=1S/C12H12FNO6/c1-12(10(15)16,11(17)20-2)6-7-5-8(13)3-4-9(7)14(18)19/h3-5H,6H2,1-2H3,(H,15,16). The summed E-state index contributed by atoms with van der Waals surface area (Å²) in [4.78, 5) is 32.9. The second kappa shape index (κ2) is 5.64. The van der Waals surface area contributed by atoms with Crippen molar-refractivity contribution in [3.05, 3.63) is 39.7 Å². The van der Waals surface area contributed by atoms with Gasteiger partial charge in [0.15, 0.2) is 5.41 Å². The van der Waals surface area contributed by atoms with E-state index in [1.165, 1.54) is 0 Å². The summed E-state index contributed by atoms with van der Waals surface area (Å²) < 4.78 is 17.6. The summed E-state index contributed by atoms with van der Waals surface area (Å²) in [7, 11) is 1.00. The first-order valence-electron chi connectivity index (χ1n) is 5.47. The lowest BCUT2D eigenvalue weighted by Crippen LogP contribution is -2.39. The molecule has 1 N–H and O–H groups in total. The molecular weight excluding hydrogens is 273 g/mol. The number of carboxylic acids is 1. The van der Waals surface area contributed by atoms with E-state index in [0.717, 1.165) is 32.2 Å². The minimum atomic E-state index is -2.03. The predicted octanol–water partition coefficient (Wildman–Crippen LogP) is 1.54. The fourth-order valence-corrected chi connectivity index (χ4v) is 1.72. The maximum atomic E-state index is 13.2. The van der Waals surface area contributed by atoms with Gasteiger partial charge in [0, 0.05) is 18.1 Å². The molecule has 1 unspecified atom stereocenters. The molecule has 0 radical (unpaired) electrons. The summed E-state index contributed by atoms with van der Waals surface area (Å²) >= 11 is 0. The van der Waals surface area contributed by atoms with Crippen molar-refractivity contribution in [2.75, 3.05) is 7.11 Å². The molecule has 108 valence electrons. The maximum absolute atomic E-state index is 13.2. The third kappa shape index (κ3) is 2.90. The van der Waals surface area contributed by atoms with Crippen LogP contribution in [0, 0.1) is 21.3 Å². The van der Waals surface area contributed by atoms with Gasteiger partial charge in [-0.05, 0) is 19.1 Å². The van der Waals surface area contributed by atoms with E-state index in [9.17, 15) is 24.1 Å². The number of carbonyl (C=O) groups is 2. The third-order valence-corrected chi connectivity index (χ3v) is 2.89. The van der Waals surface area contributed by atoms with E-state index in [1.807, 2.05) is 0 Å². The zero-order valence-electron chi connectivity index (χ0n) is 10.8. The Labute approximate surface area is 113 Å². The number of nitro benzene ring substituents is 1. The van der Waals surface area contributed by atoms with Gasteiger partial charge in [-0.3, -0.25) is 19.7 Å². The summed E-state index contributed by atoms with van der Waals surface area (Å²) in [5.41, 5.74) is -2.68. The monoisotopic (exact) mass is 285 g/mol. The quantitative estimate of drug-likeness (QED) is 0.380. The Hall–Kier alpha value is -2.51. The van der Waals surface area contributed by atoms with Crippen LogP contribution in [-0.4, -0.2) is 29.1 Å². The van der Waals surface area contributed by atoms with Gasteiger partial charge in [-0.2, -0.15) is 0 Å². The number of carboxylic acid groups (broad SMARTS) is 1. The maximum Gasteiger partial charge on any atom is 0.323 e. The Kier molecular flexibility index (Phi) is 4.38. The minimum absolute atomic E-state index is 0.190. The highest BCUT2D eigenvalue weighted by molar-refractivity contribution is 5.99. The highest BCUT2D eigenvalue weighted by Gasteiger charge is 2.44. The Balaban J connectivity index is 3.31. The largest absolute Gasteiger partial charge is 0.480 e. The van der Waals surface area contributed by atoms with Crippen LogP contribution in [0.4, 0.5) is 10.1 Å². The van der Waals surface area contributed by atoms with Crippen LogP contribution in [0.2, 0.25) is 0 Å². The molecule has 0 amide bonds. The van der Waals surface area contributed by atoms with Crippen LogP contribution in [0.1, 0.15) is 12.5 Å². The van der Waals surface area contributed by atoms with E-state index in [1.54, 1.807) is 0 Å². The van der Waals surface area contributed by atoms with Crippen LogP contribution in [0.3, 0.4) is 0 Å². The minimum Gasteiger partial charge on any atom is -0.480 e. The van der Waals surface area contributed by atoms with Gasteiger partial charge in [-0.15, -0.1) is 0 Å². The number of carbonyl (C=O) groups excluding carboxylic acids is 1. The molecule has 20 heavy (non-hydrogen) atoms. The lowest BCUT2D eigenvalue weighted by molar-refractivity contribution is -0.385. The topological polar surface area (TPSA) is 107 Å². The van der Waals surface area contributed by atoms with E-state index < -0.39 is 40.2 Å². The summed E-state index contributed by atoms with van der Waals surface area (Å²) in [5.74, 6) is -3.34. The molecule has 0 fully saturated rings. The van der Waals surface area contributed by atoms with Crippen LogP contribution in [0.25, 0.3) is 0 Å². The number of methoxy groups -OCH3 is 1. The number of nitro groups is 1. The van der Waals surface area contributed by atoms with E-state index >= 15 is 0 Å². The zero-order valence-corrected chi connectivity index (χ0v) is 10.8. The van der Waals surface area contributed by atoms with Crippen molar-refractivity contribution in [1.82, 2.24) is 0 Å². The fourth-order valence-electron chi connectivity index (χ4n) is 1.72. The molecule has 0 aliphatic rings. The van der Waals surface area contributed by atoms with Crippen LogP contribution in [0.5, 0.6) is 0 Å². The van der Waals surface area contributed by atoms with E-state index in [4.69, 9.17) is 5.11 Å². The summed E-state index contributed by atoms with van der Waals surface area (Å²) in [6, 6.07) is 2.64. The normalized spacial score (nSPS) is 13.3. The van der Waals surface area contributed by atoms with Gasteiger partial charge in [0.2, 0.25) is 0 Å². The molecule has 0 aromatic heterocycles. The number of ether oxygens (including phenoxy) is 1. The lowest BCUT2D eigenvalue weighted by atomic mass is 9.83. The molecule has 1 aromatic carbocycles. The Morgan fingerprint density at radius 1 is 1.50 bits per heavy atom. The number of halogens is 1. The fraction of sp³-hybridized carbons (Fsp3) is 0.333. The average molecular weight is 285 g/mol. The highest BCUT2D eigenvalue weighted by Crippen LogP contribution is 2.30. The molecule has 8 heteroatoms. The van der Waals surface area contributed by atoms with E-state index in [0.29, 0.717) is 0 Å². The Morgan fingerprint density at radius 2 is 2.10 bits per heavy atom. The van der Waals surface area contributed by atoms with Crippen molar-refractivity contribution >= 4 is 17.6 Å². The number of esters is 1. The number of hydrogen-bond acceptors (Lipinski definition) is 5. The third-order valence-electron chi connectivity index (χ3n) is 2.89. The van der Waals surface area contributed by atoms with Crippen molar-refractivity contribution < 1.29 is 28.7 Å². The van der Waals surface area contributed by atoms with Gasteiger partial charge in [0.25, 0.3) is 5.69 Å². The van der Waals surface area contributed by atoms with Crippen LogP contribution >= 0.6 is 0 Å². The predicted molar refractivity (Wildman–Crippen MR) is 64.5 cm³/mol. The first-order valence-corrected chi connectivity index (χ1v) is 5.47. The summed E-state index contributed by atoms with van der Waals surface area (Å²) in [6.07, 6.45) is -0.553. The number of rotatable bonds is 5. The van der Waals surface area contributed by atoms with Gasteiger partial charge in [0.1, 0.15) is 5.82 Å². The van der Waals surface area contributed by atoms with Crippen molar-refractivity contribution in [2.45, 2.75) is 13.3 Å². The van der Waals surface area contributed by atoms with Crippen molar-refractivity contribution in [3.8, 4) is 0 Å². The molecule has 0 bridgehead atoms. The molecule has 1 atom stereocenters. The van der Waals surface area contributed by atoms with Gasteiger partial charge >= 0.3 is 11.9 Å². The molecule has 0 heterocycles. The molecule has 0 spiro atoms. The zero-order chi connectivity index (χ0) is 15.5. The van der Waals surface area contributed by atoms with Crippen LogP contribution < -0.4 is 0 Å². The molecule has 1 rings (SSSR count). The summed E-state index contributed by atoms with van der Waals surface area (Å²) in [6.45, 7) is 1.07. The van der Waals surface area contributed by atoms with Crippen LogP contribution in [-0.2, 0) is 20.7 Å². The van der Waals surface area contributed by atoms with Crippen molar-refractivity contribution in [3.63, 3.8) is 0 Å². The highest BCUT2D eigenvalue weighted by atomic mass is 19.1. The molecule has 0 saturated heterocycles. The summed E-state index contributed by atoms with van der Waals surface area (Å²) in [5, 5.41) is 20.0. The van der Waals surface area contributed by atoms with Gasteiger partial charge in [0.05, 0.1) is 12.0 Å². The van der Waals surface area contributed by atoms with Gasteiger partial charge < -0.3 is 9.84 Å². The van der Waals surface area contributed by atoms with Gasteiger partial charge in [-0.1, -0.05) is 0 Å². The first-order chi connectivity index (χ1) is 9.22. The molecule has 1 aromatic rings. The van der Waals surface area contributed by atoms with Gasteiger partial charge in [-0.25, -0.2) is 4.39 Å². The molecular formula is C12H12FNO6. The molecule has 0 aliphatic carbocycles. The number of benzene rings is 1. The average Bonchev–Trinajstić information content (AvgIpc) is 2.36. The second-order valence-corrected chi connectivity index (χ2v) is 4.34. The molecule has 0 saturated carbocycles. The van der Waals surface area contributed by atoms with Crippen molar-refractivity contribution in [1.29, 1.82) is 0 Å². The van der Waals surface area contributed by atoms with E-state index in [2.05, 4.69) is 4.74 Å². The number of hydrogen-bond donors (Lipinski definition) is 1. The number of aliphatic carboxylic acids is 1. The first kappa shape index (κ1) is 15.5. The molecule has 0 aliphatic heterocycles. The Morgan fingerprint density at radius 3 is 2.55 bits per heavy atom. The Bertz CT molecular complexity index is 573. The van der Waals surface area contributed by atoms with E-state index in [-0.39, 0.29) is 5.56 Å². The van der Waals surface area contributed by atoms with Crippen LogP contribution in [0.15, 0.2) is 18.2 Å². The number of nitrogens with zero attached hydrogens (tertiary/aromatic N) is 1. The smallest absolute Gasteiger partial charge is 0.323 e. The van der Waals surface area contributed by atoms with Crippen molar-refractivity contribution in [2.24, 2.45) is 5.41 Å². The second-order valence-electron chi connectivity index (χ2n) is 4.34. The SMILES string of the molecule is COC(=O)C(C)(Cc1cc(F)ccc1[N+](=O)[O-])C(=O)O. The molecule has 7 nitrogen and oxygen atoms in total.